The number of esters is 2. The average molecular weight is 348 g/mol. The number of urea groups is 1. The Morgan fingerprint density at radius 3 is 2.52 bits per heavy atom. The smallest absolute Gasteiger partial charge is 0.342 e. The fraction of sp³-hybridized carbons (Fsp3) is 0.353. The molecular weight excluding hydrogens is 328 g/mol. The SMILES string of the molecule is CCOC(=O)C1=C(COC(=O)c2ccccc2O)NC(=O)N[C@H]1CC. The minimum atomic E-state index is -0.769. The summed E-state index contributed by atoms with van der Waals surface area (Å²) in [6, 6.07) is 4.90. The molecule has 0 fully saturated rings. The van der Waals surface area contributed by atoms with Gasteiger partial charge in [-0.1, -0.05) is 19.1 Å². The van der Waals surface area contributed by atoms with Crippen molar-refractivity contribution in [3.8, 4) is 5.75 Å². The maximum atomic E-state index is 12.2. The highest BCUT2D eigenvalue weighted by Gasteiger charge is 2.32. The molecule has 0 aromatic heterocycles. The highest BCUT2D eigenvalue weighted by Crippen LogP contribution is 2.20. The first kappa shape index (κ1) is 18.3. The number of aromatic hydroxyl groups is 1. The fourth-order valence-electron chi connectivity index (χ4n) is 2.44. The van der Waals surface area contributed by atoms with Gasteiger partial charge in [-0.3, -0.25) is 0 Å². The number of ether oxygens (including phenoxy) is 2. The summed E-state index contributed by atoms with van der Waals surface area (Å²) >= 11 is 0. The Labute approximate surface area is 144 Å². The second kappa shape index (κ2) is 8.18. The topological polar surface area (TPSA) is 114 Å². The minimum absolute atomic E-state index is 0.00640. The molecule has 0 saturated heterocycles. The van der Waals surface area contributed by atoms with E-state index in [2.05, 4.69) is 10.6 Å². The van der Waals surface area contributed by atoms with Gasteiger partial charge in [0.15, 0.2) is 0 Å². The highest BCUT2D eigenvalue weighted by atomic mass is 16.5. The van der Waals surface area contributed by atoms with Gasteiger partial charge in [-0.15, -0.1) is 0 Å². The van der Waals surface area contributed by atoms with Crippen LogP contribution in [0.3, 0.4) is 0 Å². The summed E-state index contributed by atoms with van der Waals surface area (Å²) in [7, 11) is 0. The summed E-state index contributed by atoms with van der Waals surface area (Å²) < 4.78 is 10.2. The quantitative estimate of drug-likeness (QED) is 0.671. The van der Waals surface area contributed by atoms with Gasteiger partial charge in [-0.2, -0.15) is 0 Å². The molecule has 0 spiro atoms. The van der Waals surface area contributed by atoms with E-state index in [-0.39, 0.29) is 35.8 Å². The van der Waals surface area contributed by atoms with Crippen LogP contribution in [0.4, 0.5) is 4.79 Å². The van der Waals surface area contributed by atoms with E-state index in [1.807, 2.05) is 0 Å². The third-order valence-electron chi connectivity index (χ3n) is 3.62. The molecule has 2 amide bonds. The number of rotatable bonds is 6. The molecule has 1 aromatic carbocycles. The third-order valence-corrected chi connectivity index (χ3v) is 3.62. The molecule has 1 heterocycles. The van der Waals surface area contributed by atoms with E-state index in [0.717, 1.165) is 0 Å². The number of carbonyl (C=O) groups excluding carboxylic acids is 3. The Morgan fingerprint density at radius 2 is 1.88 bits per heavy atom. The van der Waals surface area contributed by atoms with Crippen molar-refractivity contribution in [1.82, 2.24) is 10.6 Å². The lowest BCUT2D eigenvalue weighted by Gasteiger charge is -2.28. The first-order chi connectivity index (χ1) is 12.0. The number of amides is 2. The second-order valence-corrected chi connectivity index (χ2v) is 5.27. The van der Waals surface area contributed by atoms with Crippen molar-refractivity contribution in [3.05, 3.63) is 41.1 Å². The Bertz CT molecular complexity index is 713. The van der Waals surface area contributed by atoms with Crippen LogP contribution in [0.2, 0.25) is 0 Å². The summed E-state index contributed by atoms with van der Waals surface area (Å²) in [4.78, 5) is 36.0. The van der Waals surface area contributed by atoms with Gasteiger partial charge in [-0.05, 0) is 25.5 Å². The highest BCUT2D eigenvalue weighted by molar-refractivity contribution is 5.95. The van der Waals surface area contributed by atoms with Crippen LogP contribution in [0.25, 0.3) is 0 Å². The zero-order valence-electron chi connectivity index (χ0n) is 14.0. The molecule has 2 rings (SSSR count). The summed E-state index contributed by atoms with van der Waals surface area (Å²) in [5.41, 5.74) is 0.375. The van der Waals surface area contributed by atoms with Crippen LogP contribution in [0.5, 0.6) is 5.75 Å². The Hall–Kier alpha value is -3.03. The van der Waals surface area contributed by atoms with Crippen molar-refractivity contribution in [2.24, 2.45) is 0 Å². The van der Waals surface area contributed by atoms with E-state index >= 15 is 0 Å². The molecule has 0 unspecified atom stereocenters. The van der Waals surface area contributed by atoms with Crippen LogP contribution in [0.15, 0.2) is 35.5 Å². The number of para-hydroxylation sites is 1. The molecule has 8 heteroatoms. The molecule has 1 atom stereocenters. The Kier molecular flexibility index (Phi) is 5.99. The molecule has 8 nitrogen and oxygen atoms in total. The van der Waals surface area contributed by atoms with Gasteiger partial charge in [0.25, 0.3) is 0 Å². The fourth-order valence-corrected chi connectivity index (χ4v) is 2.44. The molecule has 25 heavy (non-hydrogen) atoms. The Morgan fingerprint density at radius 1 is 1.16 bits per heavy atom. The number of carbonyl (C=O) groups is 3. The number of nitrogens with one attached hydrogen (secondary N) is 2. The second-order valence-electron chi connectivity index (χ2n) is 5.27. The molecule has 1 aliphatic rings. The zero-order valence-corrected chi connectivity index (χ0v) is 14.0. The predicted molar refractivity (Wildman–Crippen MR) is 87.8 cm³/mol. The van der Waals surface area contributed by atoms with E-state index in [1.165, 1.54) is 12.1 Å². The summed E-state index contributed by atoms with van der Waals surface area (Å²) in [5, 5.41) is 14.8. The van der Waals surface area contributed by atoms with Crippen molar-refractivity contribution in [1.29, 1.82) is 0 Å². The Balaban J connectivity index is 2.22. The van der Waals surface area contributed by atoms with Crippen LogP contribution in [-0.2, 0) is 14.3 Å². The number of hydrogen-bond donors (Lipinski definition) is 3. The number of benzene rings is 1. The predicted octanol–water partition coefficient (Wildman–Crippen LogP) is 1.46. The lowest BCUT2D eigenvalue weighted by molar-refractivity contribution is -0.139. The molecule has 1 aromatic rings. The maximum absolute atomic E-state index is 12.2. The molecule has 0 bridgehead atoms. The van der Waals surface area contributed by atoms with Gasteiger partial charge < -0.3 is 25.2 Å². The van der Waals surface area contributed by atoms with E-state index in [1.54, 1.807) is 26.0 Å². The zero-order chi connectivity index (χ0) is 18.4. The van der Waals surface area contributed by atoms with Gasteiger partial charge >= 0.3 is 18.0 Å². The van der Waals surface area contributed by atoms with Crippen molar-refractivity contribution in [3.63, 3.8) is 0 Å². The van der Waals surface area contributed by atoms with Crippen LogP contribution in [0.1, 0.15) is 30.6 Å². The third kappa shape index (κ3) is 4.28. The van der Waals surface area contributed by atoms with E-state index in [9.17, 15) is 19.5 Å². The first-order valence-corrected chi connectivity index (χ1v) is 7.90. The van der Waals surface area contributed by atoms with Crippen LogP contribution in [-0.4, -0.2) is 42.3 Å². The number of phenols is 1. The summed E-state index contributed by atoms with van der Waals surface area (Å²) in [6.45, 7) is 3.33. The van der Waals surface area contributed by atoms with Gasteiger partial charge in [0.2, 0.25) is 0 Å². The molecule has 3 N–H and O–H groups in total. The molecule has 0 saturated carbocycles. The average Bonchev–Trinajstić information content (AvgIpc) is 2.59. The largest absolute Gasteiger partial charge is 0.507 e. The van der Waals surface area contributed by atoms with E-state index in [4.69, 9.17) is 9.47 Å². The van der Waals surface area contributed by atoms with Gasteiger partial charge in [-0.25, -0.2) is 14.4 Å². The summed E-state index contributed by atoms with van der Waals surface area (Å²) in [5.74, 6) is -1.57. The first-order valence-electron chi connectivity index (χ1n) is 7.90. The number of phenolic OH excluding ortho intramolecular Hbond substituents is 1. The van der Waals surface area contributed by atoms with Crippen LogP contribution < -0.4 is 10.6 Å². The van der Waals surface area contributed by atoms with Crippen molar-refractivity contribution in [2.75, 3.05) is 13.2 Å². The van der Waals surface area contributed by atoms with Gasteiger partial charge in [0.05, 0.1) is 23.9 Å². The monoisotopic (exact) mass is 348 g/mol. The lowest BCUT2D eigenvalue weighted by Crippen LogP contribution is -2.51. The molecular formula is C17H20N2O6. The molecule has 1 aliphatic heterocycles. The van der Waals surface area contributed by atoms with Crippen molar-refractivity contribution < 1.29 is 29.0 Å². The van der Waals surface area contributed by atoms with Crippen molar-refractivity contribution >= 4 is 18.0 Å². The molecule has 0 radical (unpaired) electrons. The summed E-state index contributed by atoms with van der Waals surface area (Å²) in [6.07, 6.45) is 0.471. The van der Waals surface area contributed by atoms with E-state index < -0.39 is 24.0 Å². The molecule has 0 aliphatic carbocycles. The van der Waals surface area contributed by atoms with Gasteiger partial charge in [0, 0.05) is 0 Å². The number of hydrogen-bond acceptors (Lipinski definition) is 6. The van der Waals surface area contributed by atoms with Crippen molar-refractivity contribution in [2.45, 2.75) is 26.3 Å². The standard InChI is InChI=1S/C17H20N2O6/c1-3-11-14(16(22)24-4-2)12(19-17(23)18-11)9-25-15(21)10-7-5-6-8-13(10)20/h5-8,11,20H,3-4,9H2,1-2H3,(H2,18,19,23)/t11-/m0/s1. The minimum Gasteiger partial charge on any atom is -0.507 e. The molecule has 134 valence electrons. The maximum Gasteiger partial charge on any atom is 0.342 e. The van der Waals surface area contributed by atoms with E-state index in [0.29, 0.717) is 6.42 Å². The normalized spacial score (nSPS) is 16.7. The van der Waals surface area contributed by atoms with Crippen LogP contribution >= 0.6 is 0 Å². The lowest BCUT2D eigenvalue weighted by atomic mass is 10.0. The van der Waals surface area contributed by atoms with Gasteiger partial charge in [0.1, 0.15) is 17.9 Å². The van der Waals surface area contributed by atoms with Crippen LogP contribution in [0, 0.1) is 0 Å².